The Kier molecular flexibility index (Phi) is 5.23. The lowest BCUT2D eigenvalue weighted by atomic mass is 9.88. The molecule has 1 aromatic carbocycles. The van der Waals surface area contributed by atoms with Crippen LogP contribution in [0.2, 0.25) is 0 Å². The predicted octanol–water partition coefficient (Wildman–Crippen LogP) is 2.33. The van der Waals surface area contributed by atoms with Gasteiger partial charge < -0.3 is 14.7 Å². The molecule has 3 heteroatoms. The number of likely N-dealkylation sites (tertiary alicyclic amines) is 1. The van der Waals surface area contributed by atoms with Gasteiger partial charge in [0.05, 0.1) is 12.7 Å². The van der Waals surface area contributed by atoms with Crippen LogP contribution in [0.1, 0.15) is 25.8 Å². The first-order valence-electron chi connectivity index (χ1n) is 7.35. The van der Waals surface area contributed by atoms with Gasteiger partial charge in [0, 0.05) is 19.0 Å². The minimum Gasteiger partial charge on any atom is -0.494 e. The SMILES string of the molecule is CCOc1ccccc1CC1CN(CC)CCC1O. The van der Waals surface area contributed by atoms with Gasteiger partial charge in [0.15, 0.2) is 0 Å². The molecule has 1 fully saturated rings. The molecule has 0 amide bonds. The topological polar surface area (TPSA) is 32.7 Å². The number of aliphatic hydroxyl groups excluding tert-OH is 1. The summed E-state index contributed by atoms with van der Waals surface area (Å²) in [5.41, 5.74) is 1.21. The molecule has 0 bridgehead atoms. The highest BCUT2D eigenvalue weighted by molar-refractivity contribution is 5.33. The van der Waals surface area contributed by atoms with Gasteiger partial charge in [-0.3, -0.25) is 0 Å². The van der Waals surface area contributed by atoms with Gasteiger partial charge in [-0.2, -0.15) is 0 Å². The lowest BCUT2D eigenvalue weighted by molar-refractivity contribution is 0.0287. The molecule has 2 atom stereocenters. The zero-order chi connectivity index (χ0) is 13.7. The van der Waals surface area contributed by atoms with Crippen molar-refractivity contribution in [3.05, 3.63) is 29.8 Å². The fourth-order valence-electron chi connectivity index (χ4n) is 2.83. The van der Waals surface area contributed by atoms with Gasteiger partial charge in [-0.15, -0.1) is 0 Å². The number of aliphatic hydroxyl groups is 1. The highest BCUT2D eigenvalue weighted by Crippen LogP contribution is 2.26. The lowest BCUT2D eigenvalue weighted by Crippen LogP contribution is -2.43. The van der Waals surface area contributed by atoms with Crippen molar-refractivity contribution in [2.75, 3.05) is 26.2 Å². The van der Waals surface area contributed by atoms with Crippen LogP contribution in [0.15, 0.2) is 24.3 Å². The van der Waals surface area contributed by atoms with Crippen LogP contribution >= 0.6 is 0 Å². The molecule has 106 valence electrons. The van der Waals surface area contributed by atoms with Gasteiger partial charge in [-0.05, 0) is 37.9 Å². The molecule has 19 heavy (non-hydrogen) atoms. The Morgan fingerprint density at radius 2 is 2.11 bits per heavy atom. The molecule has 0 spiro atoms. The van der Waals surface area contributed by atoms with Crippen molar-refractivity contribution in [2.24, 2.45) is 5.92 Å². The van der Waals surface area contributed by atoms with Crippen molar-refractivity contribution in [1.29, 1.82) is 0 Å². The third-order valence-corrected chi connectivity index (χ3v) is 3.98. The van der Waals surface area contributed by atoms with Crippen LogP contribution in [0, 0.1) is 5.92 Å². The zero-order valence-electron chi connectivity index (χ0n) is 12.0. The Morgan fingerprint density at radius 1 is 1.32 bits per heavy atom. The Balaban J connectivity index is 2.06. The quantitative estimate of drug-likeness (QED) is 0.885. The van der Waals surface area contributed by atoms with Crippen LogP contribution in [-0.2, 0) is 6.42 Å². The second kappa shape index (κ2) is 6.92. The van der Waals surface area contributed by atoms with E-state index in [1.54, 1.807) is 0 Å². The first-order chi connectivity index (χ1) is 9.24. The van der Waals surface area contributed by atoms with Gasteiger partial charge in [0.25, 0.3) is 0 Å². The summed E-state index contributed by atoms with van der Waals surface area (Å²) in [4.78, 5) is 2.42. The van der Waals surface area contributed by atoms with Crippen LogP contribution in [0.25, 0.3) is 0 Å². The Hall–Kier alpha value is -1.06. The van der Waals surface area contributed by atoms with Gasteiger partial charge in [-0.1, -0.05) is 25.1 Å². The van der Waals surface area contributed by atoms with E-state index in [1.807, 2.05) is 25.1 Å². The van der Waals surface area contributed by atoms with E-state index < -0.39 is 0 Å². The van der Waals surface area contributed by atoms with E-state index in [2.05, 4.69) is 17.9 Å². The number of hydrogen-bond donors (Lipinski definition) is 1. The van der Waals surface area contributed by atoms with Crippen LogP contribution in [0.3, 0.4) is 0 Å². The molecule has 0 aromatic heterocycles. The largest absolute Gasteiger partial charge is 0.494 e. The van der Waals surface area contributed by atoms with Crippen LogP contribution in [-0.4, -0.2) is 42.4 Å². The second-order valence-corrected chi connectivity index (χ2v) is 5.25. The standard InChI is InChI=1S/C16H25NO2/c1-3-17-10-9-15(18)14(12-17)11-13-7-5-6-8-16(13)19-4-2/h5-8,14-15,18H,3-4,9-12H2,1-2H3. The predicted molar refractivity (Wildman–Crippen MR) is 77.5 cm³/mol. The zero-order valence-corrected chi connectivity index (χ0v) is 12.0. The lowest BCUT2D eigenvalue weighted by Gasteiger charge is -2.35. The molecule has 1 saturated heterocycles. The van der Waals surface area contributed by atoms with Crippen molar-refractivity contribution in [2.45, 2.75) is 32.8 Å². The molecular weight excluding hydrogens is 238 g/mol. The highest BCUT2D eigenvalue weighted by atomic mass is 16.5. The molecule has 0 radical (unpaired) electrons. The molecular formula is C16H25NO2. The van der Waals surface area contributed by atoms with E-state index in [0.29, 0.717) is 12.5 Å². The normalized spacial score (nSPS) is 24.4. The summed E-state index contributed by atoms with van der Waals surface area (Å²) < 4.78 is 5.67. The van der Waals surface area contributed by atoms with Gasteiger partial charge in [-0.25, -0.2) is 0 Å². The summed E-state index contributed by atoms with van der Waals surface area (Å²) in [5, 5.41) is 10.2. The Labute approximate surface area is 116 Å². The molecule has 3 nitrogen and oxygen atoms in total. The Bertz CT molecular complexity index is 394. The molecule has 1 N–H and O–H groups in total. The summed E-state index contributed by atoms with van der Waals surface area (Å²) in [6.45, 7) is 7.94. The maximum atomic E-state index is 10.2. The highest BCUT2D eigenvalue weighted by Gasteiger charge is 2.27. The van der Waals surface area contributed by atoms with E-state index in [4.69, 9.17) is 4.74 Å². The van der Waals surface area contributed by atoms with E-state index in [-0.39, 0.29) is 6.10 Å². The summed E-state index contributed by atoms with van der Waals surface area (Å²) in [7, 11) is 0. The van der Waals surface area contributed by atoms with Gasteiger partial charge >= 0.3 is 0 Å². The minimum absolute atomic E-state index is 0.183. The third-order valence-electron chi connectivity index (χ3n) is 3.98. The number of ether oxygens (including phenoxy) is 1. The van der Waals surface area contributed by atoms with E-state index in [0.717, 1.165) is 38.2 Å². The fraction of sp³-hybridized carbons (Fsp3) is 0.625. The van der Waals surface area contributed by atoms with Crippen molar-refractivity contribution in [3.63, 3.8) is 0 Å². The molecule has 2 unspecified atom stereocenters. The van der Waals surface area contributed by atoms with Crippen LogP contribution in [0.4, 0.5) is 0 Å². The van der Waals surface area contributed by atoms with Crippen molar-refractivity contribution in [1.82, 2.24) is 4.90 Å². The molecule has 0 saturated carbocycles. The maximum absolute atomic E-state index is 10.2. The number of piperidine rings is 1. The molecule has 1 aliphatic heterocycles. The first-order valence-corrected chi connectivity index (χ1v) is 7.35. The van der Waals surface area contributed by atoms with Crippen LogP contribution in [0.5, 0.6) is 5.75 Å². The second-order valence-electron chi connectivity index (χ2n) is 5.25. The summed E-state index contributed by atoms with van der Waals surface area (Å²) in [6, 6.07) is 8.18. The van der Waals surface area contributed by atoms with E-state index in [1.165, 1.54) is 5.56 Å². The average molecular weight is 263 g/mol. The van der Waals surface area contributed by atoms with Gasteiger partial charge in [0.2, 0.25) is 0 Å². The molecule has 2 rings (SSSR count). The summed E-state index contributed by atoms with van der Waals surface area (Å²) in [6.07, 6.45) is 1.60. The fourth-order valence-corrected chi connectivity index (χ4v) is 2.83. The average Bonchev–Trinajstić information content (AvgIpc) is 2.43. The number of para-hydroxylation sites is 1. The van der Waals surface area contributed by atoms with Gasteiger partial charge in [0.1, 0.15) is 5.75 Å². The third kappa shape index (κ3) is 3.71. The number of benzene rings is 1. The molecule has 0 aliphatic carbocycles. The monoisotopic (exact) mass is 263 g/mol. The minimum atomic E-state index is -0.183. The Morgan fingerprint density at radius 3 is 2.84 bits per heavy atom. The van der Waals surface area contributed by atoms with Crippen molar-refractivity contribution in [3.8, 4) is 5.75 Å². The summed E-state index contributed by atoms with van der Waals surface area (Å²) in [5.74, 6) is 1.28. The summed E-state index contributed by atoms with van der Waals surface area (Å²) >= 11 is 0. The smallest absolute Gasteiger partial charge is 0.122 e. The van der Waals surface area contributed by atoms with Crippen LogP contribution < -0.4 is 4.74 Å². The maximum Gasteiger partial charge on any atom is 0.122 e. The van der Waals surface area contributed by atoms with Crippen molar-refractivity contribution < 1.29 is 9.84 Å². The number of hydrogen-bond acceptors (Lipinski definition) is 3. The first kappa shape index (κ1) is 14.4. The molecule has 1 aromatic rings. The number of nitrogens with zero attached hydrogens (tertiary/aromatic N) is 1. The molecule has 1 aliphatic rings. The molecule has 1 heterocycles. The number of rotatable bonds is 5. The van der Waals surface area contributed by atoms with E-state index >= 15 is 0 Å². The van der Waals surface area contributed by atoms with E-state index in [9.17, 15) is 5.11 Å². The van der Waals surface area contributed by atoms with Crippen molar-refractivity contribution >= 4 is 0 Å².